The van der Waals surface area contributed by atoms with E-state index in [4.69, 9.17) is 15.4 Å². The van der Waals surface area contributed by atoms with Gasteiger partial charge in [0.15, 0.2) is 0 Å². The second-order valence-electron chi connectivity index (χ2n) is 10.2. The van der Waals surface area contributed by atoms with Gasteiger partial charge in [-0.25, -0.2) is 6.57 Å². The fraction of sp³-hybridized carbons (Fsp3) is 0.667. The summed E-state index contributed by atoms with van der Waals surface area (Å²) in [7, 11) is -3.98. The normalized spacial score (nSPS) is 13.3. The van der Waals surface area contributed by atoms with Crippen LogP contribution in [0.3, 0.4) is 0 Å². The van der Waals surface area contributed by atoms with Crippen LogP contribution in [0, 0.1) is 10.1 Å². The van der Waals surface area contributed by atoms with Crippen molar-refractivity contribution in [1.82, 2.24) is 0 Å². The van der Waals surface area contributed by atoms with Crippen LogP contribution in [0.1, 0.15) is 47.1 Å². The molecule has 0 atom stereocenters. The van der Waals surface area contributed by atoms with Gasteiger partial charge in [-0.2, -0.15) is 0 Å². The van der Waals surface area contributed by atoms with Crippen LogP contribution in [0.15, 0.2) is 12.1 Å². The number of halogens is 1. The first-order valence-electron chi connectivity index (χ1n) is 9.55. The van der Waals surface area contributed by atoms with Crippen molar-refractivity contribution in [3.05, 3.63) is 32.7 Å². The van der Waals surface area contributed by atoms with E-state index in [2.05, 4.69) is 107 Å². The molecule has 152 valence electrons. The third-order valence-electron chi connectivity index (χ3n) is 5.95. The maximum Gasteiger partial charge on any atom is 0.250 e. The minimum atomic E-state index is -2.00. The zero-order valence-electron chi connectivity index (χ0n) is 18.7. The molecule has 0 aliphatic rings. The van der Waals surface area contributed by atoms with Crippen LogP contribution in [0.25, 0.3) is 4.85 Å². The Morgan fingerprint density at radius 2 is 1.30 bits per heavy atom. The summed E-state index contributed by atoms with van der Waals surface area (Å²) in [5, 5.41) is 0.233. The second-order valence-corrected chi connectivity index (χ2v) is 20.9. The number of nitrogens with zero attached hydrogens (tertiary/aromatic N) is 1. The van der Waals surface area contributed by atoms with Crippen LogP contribution in [0.4, 0.5) is 0 Å². The molecule has 0 saturated heterocycles. The van der Waals surface area contributed by atoms with E-state index in [0.717, 1.165) is 21.5 Å². The summed E-state index contributed by atoms with van der Waals surface area (Å²) in [6.07, 6.45) is 0.746. The Bertz CT molecular complexity index is 711. The van der Waals surface area contributed by atoms with Crippen molar-refractivity contribution in [2.45, 2.75) is 84.2 Å². The highest BCUT2D eigenvalue weighted by Crippen LogP contribution is 2.44. The summed E-state index contributed by atoms with van der Waals surface area (Å²) in [6.45, 7) is 30.2. The standard InChI is InChI=1S/C21H36INO2Si2/c1-20(2,3)26(8,9)24-18-14-16(12-13-23-7)17(22)15-19(18)25-27(10,11)21(4,5)6/h14-15H,12-13H2,1-6,8-11H3. The largest absolute Gasteiger partial charge is 0.541 e. The molecule has 6 heteroatoms. The molecule has 0 fully saturated rings. The Kier molecular flexibility index (Phi) is 7.68. The maximum atomic E-state index is 7.11. The van der Waals surface area contributed by atoms with Crippen molar-refractivity contribution in [1.29, 1.82) is 0 Å². The summed E-state index contributed by atoms with van der Waals surface area (Å²) in [4.78, 5) is 3.52. The van der Waals surface area contributed by atoms with Crippen molar-refractivity contribution < 1.29 is 8.85 Å². The molecule has 0 aromatic heterocycles. The van der Waals surface area contributed by atoms with Crippen LogP contribution in [-0.4, -0.2) is 23.2 Å². The van der Waals surface area contributed by atoms with E-state index < -0.39 is 16.6 Å². The van der Waals surface area contributed by atoms with Gasteiger partial charge in [-0.1, -0.05) is 41.5 Å². The minimum Gasteiger partial charge on any atom is -0.541 e. The Labute approximate surface area is 182 Å². The molecular formula is C21H36INO2Si2. The van der Waals surface area contributed by atoms with Crippen LogP contribution in [0.2, 0.25) is 36.3 Å². The Morgan fingerprint density at radius 3 is 1.67 bits per heavy atom. The van der Waals surface area contributed by atoms with E-state index in [0.29, 0.717) is 6.54 Å². The molecular weight excluding hydrogens is 481 g/mol. The lowest BCUT2D eigenvalue weighted by molar-refractivity contribution is 0.439. The van der Waals surface area contributed by atoms with E-state index in [9.17, 15) is 0 Å². The maximum absolute atomic E-state index is 7.11. The molecule has 1 aromatic carbocycles. The van der Waals surface area contributed by atoms with Crippen LogP contribution >= 0.6 is 22.6 Å². The van der Waals surface area contributed by atoms with E-state index in [1.807, 2.05) is 0 Å². The molecule has 0 heterocycles. The van der Waals surface area contributed by atoms with E-state index in [1.54, 1.807) is 0 Å². The molecule has 3 nitrogen and oxygen atoms in total. The highest BCUT2D eigenvalue weighted by molar-refractivity contribution is 14.1. The first kappa shape index (κ1) is 24.5. The second kappa shape index (κ2) is 8.46. The van der Waals surface area contributed by atoms with Gasteiger partial charge in [0, 0.05) is 9.99 Å². The van der Waals surface area contributed by atoms with Crippen molar-refractivity contribution in [3.63, 3.8) is 0 Å². The summed E-state index contributed by atoms with van der Waals surface area (Å²) >= 11 is 2.36. The first-order chi connectivity index (χ1) is 12.0. The van der Waals surface area contributed by atoms with Gasteiger partial charge in [0.25, 0.3) is 16.6 Å². The molecule has 1 aromatic rings. The predicted molar refractivity (Wildman–Crippen MR) is 130 cm³/mol. The quantitative estimate of drug-likeness (QED) is 0.221. The molecule has 1 rings (SSSR count). The van der Waals surface area contributed by atoms with Crippen molar-refractivity contribution in [2.75, 3.05) is 6.54 Å². The van der Waals surface area contributed by atoms with Gasteiger partial charge in [0.05, 0.1) is 0 Å². The van der Waals surface area contributed by atoms with Crippen LogP contribution in [-0.2, 0) is 6.42 Å². The fourth-order valence-electron chi connectivity index (χ4n) is 1.96. The lowest BCUT2D eigenvalue weighted by atomic mass is 10.1. The zero-order chi connectivity index (χ0) is 21.3. The number of rotatable bonds is 6. The van der Waals surface area contributed by atoms with Gasteiger partial charge in [-0.15, -0.1) is 0 Å². The Balaban J connectivity index is 3.44. The zero-order valence-corrected chi connectivity index (χ0v) is 22.9. The molecule has 0 N–H and O–H groups in total. The number of benzene rings is 1. The summed E-state index contributed by atoms with van der Waals surface area (Å²) in [5.41, 5.74) is 1.17. The van der Waals surface area contributed by atoms with Crippen molar-refractivity contribution >= 4 is 39.2 Å². The predicted octanol–water partition coefficient (Wildman–Crippen LogP) is 7.52. The van der Waals surface area contributed by atoms with Gasteiger partial charge in [0.2, 0.25) is 6.54 Å². The molecule has 0 radical (unpaired) electrons. The van der Waals surface area contributed by atoms with Gasteiger partial charge in [-0.3, -0.25) is 0 Å². The van der Waals surface area contributed by atoms with Gasteiger partial charge >= 0.3 is 0 Å². The van der Waals surface area contributed by atoms with Gasteiger partial charge in [0.1, 0.15) is 11.5 Å². The molecule has 0 bridgehead atoms. The van der Waals surface area contributed by atoms with E-state index in [1.165, 1.54) is 5.56 Å². The summed E-state index contributed by atoms with van der Waals surface area (Å²) < 4.78 is 14.5. The molecule has 0 spiro atoms. The number of hydrogen-bond acceptors (Lipinski definition) is 2. The van der Waals surface area contributed by atoms with Crippen LogP contribution < -0.4 is 8.85 Å². The molecule has 0 unspecified atom stereocenters. The lowest BCUT2D eigenvalue weighted by Crippen LogP contribution is -2.45. The third kappa shape index (κ3) is 6.23. The van der Waals surface area contributed by atoms with Gasteiger partial charge < -0.3 is 13.7 Å². The summed E-state index contributed by atoms with van der Waals surface area (Å²) in [6, 6.07) is 4.23. The van der Waals surface area contributed by atoms with Crippen LogP contribution in [0.5, 0.6) is 11.5 Å². The lowest BCUT2D eigenvalue weighted by Gasteiger charge is -2.40. The smallest absolute Gasteiger partial charge is 0.250 e. The molecule has 0 aliphatic heterocycles. The van der Waals surface area contributed by atoms with E-state index >= 15 is 0 Å². The average Bonchev–Trinajstić information content (AvgIpc) is 2.45. The monoisotopic (exact) mass is 517 g/mol. The SMILES string of the molecule is [C-]#[N+]CCc1cc(O[Si](C)(C)C(C)(C)C)c(O[Si](C)(C)C(C)(C)C)cc1I. The fourth-order valence-corrected chi connectivity index (χ4v) is 4.70. The minimum absolute atomic E-state index is 0.112. The first-order valence-corrected chi connectivity index (χ1v) is 16.4. The third-order valence-corrected chi connectivity index (χ3v) is 15.6. The summed E-state index contributed by atoms with van der Waals surface area (Å²) in [5.74, 6) is 1.72. The van der Waals surface area contributed by atoms with Gasteiger partial charge in [-0.05, 0) is 76.6 Å². The molecule has 0 saturated carbocycles. The molecule has 0 aliphatic carbocycles. The topological polar surface area (TPSA) is 22.8 Å². The average molecular weight is 518 g/mol. The highest BCUT2D eigenvalue weighted by atomic mass is 127. The Hall–Kier alpha value is -0.526. The number of hydrogen-bond donors (Lipinski definition) is 0. The van der Waals surface area contributed by atoms with Crippen molar-refractivity contribution in [2.24, 2.45) is 0 Å². The highest BCUT2D eigenvalue weighted by Gasteiger charge is 2.42. The molecule has 27 heavy (non-hydrogen) atoms. The van der Waals surface area contributed by atoms with Crippen molar-refractivity contribution in [3.8, 4) is 11.5 Å². The Morgan fingerprint density at radius 1 is 0.889 bits per heavy atom. The van der Waals surface area contributed by atoms with E-state index in [-0.39, 0.29) is 10.1 Å². The molecule has 0 amide bonds.